The molecule has 0 aromatic heterocycles. The number of hydrogen-bond donors (Lipinski definition) is 2. The van der Waals surface area contributed by atoms with Crippen LogP contribution in [-0.2, 0) is 0 Å². The first kappa shape index (κ1) is 10.2. The fourth-order valence-electron chi connectivity index (χ4n) is 2.33. The molecular weight excluding hydrogens is 172 g/mol. The van der Waals surface area contributed by atoms with Crippen molar-refractivity contribution in [2.45, 2.75) is 38.1 Å². The molecule has 2 unspecified atom stereocenters. The van der Waals surface area contributed by atoms with Crippen LogP contribution in [0, 0.1) is 11.8 Å². The Bertz CT molecular complexity index is 196. The monoisotopic (exact) mass is 194 g/mol. The second-order valence-electron chi connectivity index (χ2n) is 4.83. The zero-order valence-corrected chi connectivity index (χ0v) is 8.91. The summed E-state index contributed by atoms with van der Waals surface area (Å²) in [6.07, 6.45) is 11.3. The van der Waals surface area contributed by atoms with Crippen LogP contribution >= 0.6 is 0 Å². The summed E-state index contributed by atoms with van der Waals surface area (Å²) in [5.41, 5.74) is 5.79. The van der Waals surface area contributed by atoms with Gasteiger partial charge in [-0.25, -0.2) is 0 Å². The Labute approximate surface area is 86.9 Å². The standard InChI is InChI=1S/C12H22N2/c13-12-5-4-11(8-12)9-14-7-6-10-2-1-3-10/h4-5,10-12,14H,1-3,6-9,13H2. The minimum absolute atomic E-state index is 0.313. The van der Waals surface area contributed by atoms with Crippen molar-refractivity contribution < 1.29 is 0 Å². The van der Waals surface area contributed by atoms with E-state index in [-0.39, 0.29) is 0 Å². The summed E-state index contributed by atoms with van der Waals surface area (Å²) in [5.74, 6) is 1.72. The van der Waals surface area contributed by atoms with Gasteiger partial charge in [-0.1, -0.05) is 31.4 Å². The second kappa shape index (κ2) is 4.94. The van der Waals surface area contributed by atoms with E-state index < -0.39 is 0 Å². The molecule has 0 bridgehead atoms. The molecular formula is C12H22N2. The van der Waals surface area contributed by atoms with Gasteiger partial charge >= 0.3 is 0 Å². The molecule has 2 aliphatic rings. The van der Waals surface area contributed by atoms with Gasteiger partial charge in [0, 0.05) is 12.6 Å². The SMILES string of the molecule is NC1C=CC(CNCCC2CCC2)C1. The van der Waals surface area contributed by atoms with Gasteiger partial charge in [-0.15, -0.1) is 0 Å². The molecule has 0 aromatic carbocycles. The summed E-state index contributed by atoms with van der Waals surface area (Å²) < 4.78 is 0. The lowest BCUT2D eigenvalue weighted by molar-refractivity contribution is 0.290. The number of rotatable bonds is 5. The highest BCUT2D eigenvalue weighted by atomic mass is 14.9. The number of nitrogens with one attached hydrogen (secondary N) is 1. The summed E-state index contributed by atoms with van der Waals surface area (Å²) in [6, 6.07) is 0.313. The van der Waals surface area contributed by atoms with Crippen LogP contribution < -0.4 is 11.1 Å². The molecule has 2 heteroatoms. The minimum Gasteiger partial charge on any atom is -0.324 e. The van der Waals surface area contributed by atoms with Crippen LogP contribution in [0.5, 0.6) is 0 Å². The molecule has 2 aliphatic carbocycles. The topological polar surface area (TPSA) is 38.0 Å². The zero-order valence-electron chi connectivity index (χ0n) is 8.91. The van der Waals surface area contributed by atoms with Gasteiger partial charge < -0.3 is 11.1 Å². The van der Waals surface area contributed by atoms with Gasteiger partial charge in [0.1, 0.15) is 0 Å². The molecule has 0 saturated heterocycles. The molecule has 1 fully saturated rings. The van der Waals surface area contributed by atoms with Gasteiger partial charge in [-0.3, -0.25) is 0 Å². The summed E-state index contributed by atoms with van der Waals surface area (Å²) in [7, 11) is 0. The summed E-state index contributed by atoms with van der Waals surface area (Å²) in [6.45, 7) is 2.32. The Morgan fingerprint density at radius 2 is 2.14 bits per heavy atom. The van der Waals surface area contributed by atoms with E-state index in [2.05, 4.69) is 17.5 Å². The molecule has 14 heavy (non-hydrogen) atoms. The summed E-state index contributed by atoms with van der Waals surface area (Å²) in [4.78, 5) is 0. The average Bonchev–Trinajstić information content (AvgIpc) is 2.48. The van der Waals surface area contributed by atoms with E-state index in [9.17, 15) is 0 Å². The maximum Gasteiger partial charge on any atom is 0.0229 e. The van der Waals surface area contributed by atoms with E-state index in [4.69, 9.17) is 5.73 Å². The predicted molar refractivity (Wildman–Crippen MR) is 60.1 cm³/mol. The lowest BCUT2D eigenvalue weighted by Crippen LogP contribution is -2.26. The molecule has 2 rings (SSSR count). The van der Waals surface area contributed by atoms with Gasteiger partial charge in [0.05, 0.1) is 0 Å². The van der Waals surface area contributed by atoms with Gasteiger partial charge in [0.25, 0.3) is 0 Å². The molecule has 0 aliphatic heterocycles. The van der Waals surface area contributed by atoms with E-state index >= 15 is 0 Å². The maximum atomic E-state index is 5.79. The lowest BCUT2D eigenvalue weighted by Gasteiger charge is -2.25. The third-order valence-electron chi connectivity index (χ3n) is 3.57. The van der Waals surface area contributed by atoms with E-state index in [1.54, 1.807) is 0 Å². The lowest BCUT2D eigenvalue weighted by atomic mass is 9.83. The van der Waals surface area contributed by atoms with Crippen molar-refractivity contribution in [3.63, 3.8) is 0 Å². The molecule has 0 radical (unpaired) electrons. The zero-order chi connectivity index (χ0) is 9.80. The van der Waals surface area contributed by atoms with Crippen molar-refractivity contribution in [2.75, 3.05) is 13.1 Å². The van der Waals surface area contributed by atoms with Crippen molar-refractivity contribution in [1.82, 2.24) is 5.32 Å². The minimum atomic E-state index is 0.313. The fraction of sp³-hybridized carbons (Fsp3) is 0.833. The molecule has 2 atom stereocenters. The Hall–Kier alpha value is -0.340. The number of hydrogen-bond acceptors (Lipinski definition) is 2. The molecule has 80 valence electrons. The largest absolute Gasteiger partial charge is 0.324 e. The maximum absolute atomic E-state index is 5.79. The molecule has 0 amide bonds. The average molecular weight is 194 g/mol. The van der Waals surface area contributed by atoms with Crippen LogP contribution in [0.3, 0.4) is 0 Å². The number of nitrogens with two attached hydrogens (primary N) is 1. The van der Waals surface area contributed by atoms with Crippen molar-refractivity contribution in [2.24, 2.45) is 17.6 Å². The third-order valence-corrected chi connectivity index (χ3v) is 3.57. The Balaban J connectivity index is 1.48. The van der Waals surface area contributed by atoms with Gasteiger partial charge in [0.15, 0.2) is 0 Å². The fourth-order valence-corrected chi connectivity index (χ4v) is 2.33. The summed E-state index contributed by atoms with van der Waals surface area (Å²) in [5, 5.41) is 3.54. The van der Waals surface area contributed by atoms with Crippen molar-refractivity contribution in [1.29, 1.82) is 0 Å². The van der Waals surface area contributed by atoms with Crippen LogP contribution in [0.4, 0.5) is 0 Å². The Morgan fingerprint density at radius 3 is 2.71 bits per heavy atom. The first-order valence-corrected chi connectivity index (χ1v) is 5.99. The van der Waals surface area contributed by atoms with Crippen LogP contribution in [0.25, 0.3) is 0 Å². The summed E-state index contributed by atoms with van der Waals surface area (Å²) >= 11 is 0. The van der Waals surface area contributed by atoms with E-state index in [0.29, 0.717) is 12.0 Å². The highest BCUT2D eigenvalue weighted by molar-refractivity contribution is 5.05. The van der Waals surface area contributed by atoms with Crippen molar-refractivity contribution in [3.8, 4) is 0 Å². The first-order chi connectivity index (χ1) is 6.84. The van der Waals surface area contributed by atoms with Crippen LogP contribution in [0.1, 0.15) is 32.1 Å². The van der Waals surface area contributed by atoms with E-state index in [1.807, 2.05) is 0 Å². The van der Waals surface area contributed by atoms with E-state index in [1.165, 1.54) is 32.2 Å². The van der Waals surface area contributed by atoms with Crippen molar-refractivity contribution in [3.05, 3.63) is 12.2 Å². The van der Waals surface area contributed by atoms with Gasteiger partial charge in [0.2, 0.25) is 0 Å². The highest BCUT2D eigenvalue weighted by Gasteiger charge is 2.17. The Kier molecular flexibility index (Phi) is 3.60. The third kappa shape index (κ3) is 2.82. The van der Waals surface area contributed by atoms with Crippen LogP contribution in [0.2, 0.25) is 0 Å². The first-order valence-electron chi connectivity index (χ1n) is 5.99. The molecule has 3 N–H and O–H groups in total. The molecule has 0 aromatic rings. The normalized spacial score (nSPS) is 32.1. The van der Waals surface area contributed by atoms with Crippen LogP contribution in [0.15, 0.2) is 12.2 Å². The van der Waals surface area contributed by atoms with Crippen molar-refractivity contribution >= 4 is 0 Å². The molecule has 0 spiro atoms. The predicted octanol–water partition coefficient (Wildman–Crippen LogP) is 1.67. The Morgan fingerprint density at radius 1 is 1.29 bits per heavy atom. The smallest absolute Gasteiger partial charge is 0.0229 e. The molecule has 0 heterocycles. The molecule has 1 saturated carbocycles. The second-order valence-corrected chi connectivity index (χ2v) is 4.83. The quantitative estimate of drug-likeness (QED) is 0.516. The van der Waals surface area contributed by atoms with Gasteiger partial charge in [-0.2, -0.15) is 0 Å². The van der Waals surface area contributed by atoms with Gasteiger partial charge in [-0.05, 0) is 31.2 Å². The van der Waals surface area contributed by atoms with Crippen LogP contribution in [-0.4, -0.2) is 19.1 Å². The highest BCUT2D eigenvalue weighted by Crippen LogP contribution is 2.28. The van der Waals surface area contributed by atoms with E-state index in [0.717, 1.165) is 18.9 Å². The molecule has 2 nitrogen and oxygen atoms in total.